The molecule has 2 rings (SSSR count). The molecule has 8 nitrogen and oxygen atoms in total. The van der Waals surface area contributed by atoms with Gasteiger partial charge in [-0.3, -0.25) is 0 Å². The number of anilines is 1. The average Bonchev–Trinajstić information content (AvgIpc) is 2.77. The molecule has 0 bridgehead atoms. The van der Waals surface area contributed by atoms with Gasteiger partial charge in [0.1, 0.15) is 0 Å². The zero-order chi connectivity index (χ0) is 13.8. The number of ether oxygens (including phenoxy) is 1. The van der Waals surface area contributed by atoms with E-state index >= 15 is 0 Å². The first-order valence-electron chi connectivity index (χ1n) is 5.15. The van der Waals surface area contributed by atoms with E-state index in [4.69, 9.17) is 10.5 Å². The summed E-state index contributed by atoms with van der Waals surface area (Å²) in [7, 11) is -0.472. The number of hydrogen-bond acceptors (Lipinski definition) is 6. The van der Waals surface area contributed by atoms with Crippen LogP contribution in [0.4, 0.5) is 10.3 Å². The molecule has 0 saturated carbocycles. The number of nitrogens with one attached hydrogen (secondary N) is 1. The molecule has 19 heavy (non-hydrogen) atoms. The molecule has 0 amide bonds. The Hall–Kier alpha value is -1.95. The van der Waals surface area contributed by atoms with E-state index in [0.717, 1.165) is 0 Å². The number of nitrogens with two attached hydrogens (primary N) is 1. The number of fused-ring (bicyclic) bond motifs is 1. The first-order chi connectivity index (χ1) is 9.15. The minimum absolute atomic E-state index is 0.0331. The van der Waals surface area contributed by atoms with E-state index in [-0.39, 0.29) is 23.7 Å². The van der Waals surface area contributed by atoms with E-state index in [2.05, 4.69) is 15.0 Å². The van der Waals surface area contributed by atoms with E-state index in [1.54, 1.807) is 0 Å². The molecule has 0 aliphatic heterocycles. The van der Waals surface area contributed by atoms with Crippen molar-refractivity contribution in [3.05, 3.63) is 16.7 Å². The normalized spacial score (nSPS) is 12.3. The first kappa shape index (κ1) is 13.5. The molecule has 3 N–H and O–H groups in total. The van der Waals surface area contributed by atoms with Gasteiger partial charge in [0, 0.05) is 0 Å². The van der Waals surface area contributed by atoms with Crippen LogP contribution in [0, 0.1) is 5.81 Å². The van der Waals surface area contributed by atoms with Gasteiger partial charge in [-0.15, -0.1) is 0 Å². The monoisotopic (exact) mass is 285 g/mol. The van der Waals surface area contributed by atoms with Gasteiger partial charge >= 0.3 is 106 Å². The summed E-state index contributed by atoms with van der Waals surface area (Å²) in [6.45, 7) is -0.785. The van der Waals surface area contributed by atoms with Crippen LogP contribution in [0.5, 0.6) is 0 Å². The number of H-pyrrole nitrogens is 1. The predicted octanol–water partition coefficient (Wildman–Crippen LogP) is 0.265. The van der Waals surface area contributed by atoms with E-state index < -0.39 is 26.3 Å². The standard InChI is InChI=1S/C9H9FN5O3P/c10-1-5(18-4-19-17)2-15-3-12-6-7(15)13-9(11)14-8(6)16/h3,5H,1-2H2,(H3,11,13,14,16). The quantitative estimate of drug-likeness (QED) is 0.779. The molecule has 2 aromatic rings. The molecule has 2 heterocycles. The van der Waals surface area contributed by atoms with Crippen LogP contribution in [0.3, 0.4) is 0 Å². The molecule has 1 atom stereocenters. The Bertz CT molecular complexity index is 752. The van der Waals surface area contributed by atoms with E-state index in [1.807, 2.05) is 5.81 Å². The molecule has 10 heteroatoms. The Labute approximate surface area is 106 Å². The van der Waals surface area contributed by atoms with Crippen molar-refractivity contribution in [1.82, 2.24) is 19.5 Å². The van der Waals surface area contributed by atoms with Crippen molar-refractivity contribution < 1.29 is 13.7 Å². The number of halogens is 1. The van der Waals surface area contributed by atoms with Crippen LogP contribution in [0.25, 0.3) is 11.2 Å². The molecule has 100 valence electrons. The summed E-state index contributed by atoms with van der Waals surface area (Å²) in [5, 5.41) is 0. The van der Waals surface area contributed by atoms with Gasteiger partial charge in [0.15, 0.2) is 0 Å². The number of hydrogen-bond donors (Lipinski definition) is 2. The Balaban J connectivity index is 2.36. The number of alkyl halides is 1. The fourth-order valence-corrected chi connectivity index (χ4v) is 1.73. The number of imidazole rings is 1. The van der Waals surface area contributed by atoms with Gasteiger partial charge in [0.25, 0.3) is 0 Å². The van der Waals surface area contributed by atoms with Gasteiger partial charge in [-0.25, -0.2) is 0 Å². The minimum atomic E-state index is -0.902. The third-order valence-corrected chi connectivity index (χ3v) is 2.50. The fraction of sp³-hybridized carbons (Fsp3) is 0.333. The summed E-state index contributed by atoms with van der Waals surface area (Å²) >= 11 is 0. The molecule has 0 aliphatic carbocycles. The number of nitrogens with zero attached hydrogens (tertiary/aromatic N) is 3. The fourth-order valence-electron chi connectivity index (χ4n) is 1.54. The van der Waals surface area contributed by atoms with Gasteiger partial charge in [-0.2, -0.15) is 0 Å². The predicted molar refractivity (Wildman–Crippen MR) is 64.9 cm³/mol. The number of rotatable bonds is 4. The molecular formula is C9H9FN5O3P. The number of aromatic amines is 1. The van der Waals surface area contributed by atoms with Crippen molar-refractivity contribution in [2.24, 2.45) is 0 Å². The van der Waals surface area contributed by atoms with Crippen LogP contribution in [0.2, 0.25) is 0 Å². The topological polar surface area (TPSA) is 116 Å². The van der Waals surface area contributed by atoms with Crippen molar-refractivity contribution in [3.8, 4) is 5.81 Å². The van der Waals surface area contributed by atoms with Crippen LogP contribution in [0.1, 0.15) is 0 Å². The average molecular weight is 285 g/mol. The molecule has 0 aromatic carbocycles. The zero-order valence-electron chi connectivity index (χ0n) is 9.54. The maximum atomic E-state index is 12.7. The summed E-state index contributed by atoms with van der Waals surface area (Å²) in [5.74, 6) is 1.95. The molecular weight excluding hydrogens is 276 g/mol. The van der Waals surface area contributed by atoms with Crippen molar-refractivity contribution in [2.75, 3.05) is 12.4 Å². The van der Waals surface area contributed by atoms with Gasteiger partial charge < -0.3 is 0 Å². The molecule has 0 saturated heterocycles. The second-order valence-electron chi connectivity index (χ2n) is 3.60. The van der Waals surface area contributed by atoms with Crippen molar-refractivity contribution in [1.29, 1.82) is 0 Å². The summed E-state index contributed by atoms with van der Waals surface area (Å²) in [6.07, 6.45) is 0.425. The Morgan fingerprint density at radius 3 is 3.16 bits per heavy atom. The van der Waals surface area contributed by atoms with Crippen LogP contribution in [0.15, 0.2) is 11.1 Å². The van der Waals surface area contributed by atoms with Crippen LogP contribution in [-0.4, -0.2) is 32.3 Å². The van der Waals surface area contributed by atoms with Crippen LogP contribution >= 0.6 is 7.92 Å². The Kier molecular flexibility index (Phi) is 4.11. The van der Waals surface area contributed by atoms with Gasteiger partial charge in [0.2, 0.25) is 0 Å². The van der Waals surface area contributed by atoms with Crippen molar-refractivity contribution >= 4 is 25.0 Å². The van der Waals surface area contributed by atoms with E-state index in [9.17, 15) is 13.8 Å². The summed E-state index contributed by atoms with van der Waals surface area (Å²) in [6, 6.07) is 0. The molecule has 0 radical (unpaired) electrons. The molecule has 0 spiro atoms. The van der Waals surface area contributed by atoms with Crippen molar-refractivity contribution in [3.63, 3.8) is 0 Å². The summed E-state index contributed by atoms with van der Waals surface area (Å²) < 4.78 is 29.1. The number of nitrogen functional groups attached to an aromatic ring is 1. The third kappa shape index (κ3) is 2.90. The Morgan fingerprint density at radius 2 is 2.47 bits per heavy atom. The van der Waals surface area contributed by atoms with Crippen LogP contribution in [-0.2, 0) is 15.8 Å². The molecule has 2 aromatic heterocycles. The second kappa shape index (κ2) is 5.79. The maximum absolute atomic E-state index is 12.7. The van der Waals surface area contributed by atoms with Crippen molar-refractivity contribution in [2.45, 2.75) is 12.6 Å². The first-order valence-corrected chi connectivity index (χ1v) is 5.96. The Morgan fingerprint density at radius 1 is 1.68 bits per heavy atom. The van der Waals surface area contributed by atoms with Gasteiger partial charge in [-0.1, -0.05) is 0 Å². The van der Waals surface area contributed by atoms with Gasteiger partial charge in [-0.05, 0) is 0 Å². The van der Waals surface area contributed by atoms with Crippen LogP contribution < -0.4 is 11.3 Å². The molecule has 0 aliphatic rings. The molecule has 1 unspecified atom stereocenters. The van der Waals surface area contributed by atoms with Gasteiger partial charge in [0.05, 0.1) is 0 Å². The summed E-state index contributed by atoms with van der Waals surface area (Å²) in [4.78, 5) is 21.6. The second-order valence-corrected chi connectivity index (χ2v) is 3.96. The van der Waals surface area contributed by atoms with E-state index in [1.165, 1.54) is 10.9 Å². The molecule has 0 fully saturated rings. The third-order valence-electron chi connectivity index (χ3n) is 2.32. The number of aromatic nitrogens is 4. The summed E-state index contributed by atoms with van der Waals surface area (Å²) in [5.41, 5.74) is 5.28. The SMILES string of the molecule is Nc1nc2c(ncn2CC(CF)OC#P=O)c(=O)[nH]1. The van der Waals surface area contributed by atoms with E-state index in [0.29, 0.717) is 0 Å². The zero-order valence-corrected chi connectivity index (χ0v) is 10.4.